The van der Waals surface area contributed by atoms with Gasteiger partial charge in [-0.25, -0.2) is 8.42 Å². The van der Waals surface area contributed by atoms with Crippen LogP contribution in [0.25, 0.3) is 0 Å². The molecule has 0 unspecified atom stereocenters. The van der Waals surface area contributed by atoms with Crippen LogP contribution in [0, 0.1) is 0 Å². The van der Waals surface area contributed by atoms with Gasteiger partial charge in [-0.1, -0.05) is 25.1 Å². The highest BCUT2D eigenvalue weighted by molar-refractivity contribution is 7.92. The number of fused-ring (bicyclic) bond motifs is 1. The van der Waals surface area contributed by atoms with E-state index in [0.717, 1.165) is 17.7 Å². The standard InChI is InChI=1S/C18H23N3O3S/c1-4-13(2)19-18(22)17-11-15(12-20(17)3)25(23,24)21-10-9-14-7-5-6-8-16(14)21/h5-8,11-13H,4,9-10H2,1-3H3,(H,19,22)/t13-/m1/s1. The summed E-state index contributed by atoms with van der Waals surface area (Å²) in [6.45, 7) is 4.32. The summed E-state index contributed by atoms with van der Waals surface area (Å²) in [5.74, 6) is -0.264. The second kappa shape index (κ2) is 6.55. The van der Waals surface area contributed by atoms with E-state index in [1.807, 2.05) is 38.1 Å². The Labute approximate surface area is 148 Å². The van der Waals surface area contributed by atoms with E-state index >= 15 is 0 Å². The summed E-state index contributed by atoms with van der Waals surface area (Å²) in [5.41, 5.74) is 2.08. The lowest BCUT2D eigenvalue weighted by molar-refractivity contribution is 0.0931. The van der Waals surface area contributed by atoms with Crippen LogP contribution in [0.2, 0.25) is 0 Å². The number of nitrogens with zero attached hydrogens (tertiary/aromatic N) is 2. The first-order valence-corrected chi connectivity index (χ1v) is 9.86. The van der Waals surface area contributed by atoms with Crippen molar-refractivity contribution in [3.8, 4) is 0 Å². The number of nitrogens with one attached hydrogen (secondary N) is 1. The van der Waals surface area contributed by atoms with Crippen LogP contribution in [-0.2, 0) is 23.5 Å². The molecule has 134 valence electrons. The number of aromatic nitrogens is 1. The van der Waals surface area contributed by atoms with Crippen molar-refractivity contribution in [1.82, 2.24) is 9.88 Å². The number of benzene rings is 1. The van der Waals surface area contributed by atoms with Gasteiger partial charge in [-0.2, -0.15) is 0 Å². The zero-order valence-electron chi connectivity index (χ0n) is 14.7. The number of amides is 1. The Balaban J connectivity index is 1.92. The Hall–Kier alpha value is -2.28. The van der Waals surface area contributed by atoms with Crippen molar-refractivity contribution >= 4 is 21.6 Å². The van der Waals surface area contributed by atoms with Crippen molar-refractivity contribution in [2.45, 2.75) is 37.6 Å². The molecular weight excluding hydrogens is 338 g/mol. The smallest absolute Gasteiger partial charge is 0.268 e. The normalized spacial score (nSPS) is 15.1. The lowest BCUT2D eigenvalue weighted by Crippen LogP contribution is -2.33. The Bertz CT molecular complexity index is 902. The molecule has 1 aromatic heterocycles. The molecule has 1 aliphatic heterocycles. The molecule has 1 amide bonds. The summed E-state index contributed by atoms with van der Waals surface area (Å²) < 4.78 is 29.1. The van der Waals surface area contributed by atoms with Crippen molar-refractivity contribution in [3.05, 3.63) is 47.8 Å². The van der Waals surface area contributed by atoms with Crippen molar-refractivity contribution in [2.75, 3.05) is 10.8 Å². The van der Waals surface area contributed by atoms with E-state index in [0.29, 0.717) is 18.7 Å². The van der Waals surface area contributed by atoms with E-state index in [9.17, 15) is 13.2 Å². The van der Waals surface area contributed by atoms with Crippen LogP contribution in [0.5, 0.6) is 0 Å². The summed E-state index contributed by atoms with van der Waals surface area (Å²) in [6.07, 6.45) is 3.01. The van der Waals surface area contributed by atoms with Gasteiger partial charge in [-0.3, -0.25) is 9.10 Å². The van der Waals surface area contributed by atoms with Crippen LogP contribution in [0.1, 0.15) is 36.3 Å². The average molecular weight is 361 g/mol. The lowest BCUT2D eigenvalue weighted by atomic mass is 10.2. The highest BCUT2D eigenvalue weighted by Gasteiger charge is 2.32. The van der Waals surface area contributed by atoms with E-state index in [2.05, 4.69) is 5.32 Å². The zero-order valence-corrected chi connectivity index (χ0v) is 15.5. The van der Waals surface area contributed by atoms with Crippen molar-refractivity contribution in [2.24, 2.45) is 7.05 Å². The summed E-state index contributed by atoms with van der Waals surface area (Å²) in [6, 6.07) is 9.00. The fourth-order valence-electron chi connectivity index (χ4n) is 2.99. The van der Waals surface area contributed by atoms with Gasteiger partial charge in [0.15, 0.2) is 0 Å². The summed E-state index contributed by atoms with van der Waals surface area (Å²) in [4.78, 5) is 12.5. The van der Waals surface area contributed by atoms with Crippen molar-refractivity contribution in [1.29, 1.82) is 0 Å². The van der Waals surface area contributed by atoms with Gasteiger partial charge in [0, 0.05) is 25.8 Å². The van der Waals surface area contributed by atoms with Gasteiger partial charge in [-0.05, 0) is 37.5 Å². The maximum absolute atomic E-state index is 13.0. The molecule has 0 bridgehead atoms. The highest BCUT2D eigenvalue weighted by atomic mass is 32.2. The quantitative estimate of drug-likeness (QED) is 0.888. The molecule has 7 heteroatoms. The third kappa shape index (κ3) is 3.16. The predicted octanol–water partition coefficient (Wildman–Crippen LogP) is 2.30. The molecule has 0 aliphatic carbocycles. The summed E-state index contributed by atoms with van der Waals surface area (Å²) in [5, 5.41) is 2.87. The van der Waals surface area contributed by atoms with Crippen LogP contribution in [0.15, 0.2) is 41.4 Å². The third-order valence-electron chi connectivity index (χ3n) is 4.63. The molecule has 2 heterocycles. The number of carbonyl (C=O) groups excluding carboxylic acids is 1. The van der Waals surface area contributed by atoms with E-state index in [-0.39, 0.29) is 16.8 Å². The van der Waals surface area contributed by atoms with Gasteiger partial charge >= 0.3 is 0 Å². The first kappa shape index (κ1) is 17.5. The molecule has 0 radical (unpaired) electrons. The summed E-state index contributed by atoms with van der Waals surface area (Å²) >= 11 is 0. The Morgan fingerprint density at radius 1 is 1.32 bits per heavy atom. The second-order valence-electron chi connectivity index (χ2n) is 6.41. The number of aryl methyl sites for hydroxylation is 1. The maximum atomic E-state index is 13.0. The van der Waals surface area contributed by atoms with Gasteiger partial charge in [-0.15, -0.1) is 0 Å². The fourth-order valence-corrected chi connectivity index (χ4v) is 4.56. The minimum Gasteiger partial charge on any atom is -0.348 e. The molecular formula is C18H23N3O3S. The molecule has 6 nitrogen and oxygen atoms in total. The highest BCUT2D eigenvalue weighted by Crippen LogP contribution is 2.33. The first-order valence-electron chi connectivity index (χ1n) is 8.42. The second-order valence-corrected chi connectivity index (χ2v) is 8.27. The van der Waals surface area contributed by atoms with E-state index in [4.69, 9.17) is 0 Å². The molecule has 2 aromatic rings. The molecule has 1 atom stereocenters. The molecule has 1 aliphatic rings. The van der Waals surface area contributed by atoms with E-state index < -0.39 is 10.0 Å². The van der Waals surface area contributed by atoms with Crippen molar-refractivity contribution in [3.63, 3.8) is 0 Å². The minimum atomic E-state index is -3.69. The van der Waals surface area contributed by atoms with Crippen molar-refractivity contribution < 1.29 is 13.2 Å². The Morgan fingerprint density at radius 2 is 2.04 bits per heavy atom. The van der Waals surface area contributed by atoms with Crippen LogP contribution in [0.4, 0.5) is 5.69 Å². The molecule has 1 aromatic carbocycles. The monoisotopic (exact) mass is 361 g/mol. The van der Waals surface area contributed by atoms with Crippen LogP contribution < -0.4 is 9.62 Å². The SMILES string of the molecule is CC[C@@H](C)NC(=O)c1cc(S(=O)(=O)N2CCc3ccccc32)cn1C. The molecule has 0 fully saturated rings. The van der Waals surface area contributed by atoms with Crippen LogP contribution in [0.3, 0.4) is 0 Å². The summed E-state index contributed by atoms with van der Waals surface area (Å²) in [7, 11) is -2.01. The number of hydrogen-bond donors (Lipinski definition) is 1. The molecule has 3 rings (SSSR count). The number of hydrogen-bond acceptors (Lipinski definition) is 3. The largest absolute Gasteiger partial charge is 0.348 e. The molecule has 25 heavy (non-hydrogen) atoms. The third-order valence-corrected chi connectivity index (χ3v) is 6.41. The van der Waals surface area contributed by atoms with Gasteiger partial charge in [0.25, 0.3) is 15.9 Å². The molecule has 0 saturated heterocycles. The molecule has 0 spiro atoms. The fraction of sp³-hybridized carbons (Fsp3) is 0.389. The van der Waals surface area contributed by atoms with Gasteiger partial charge in [0.2, 0.25) is 0 Å². The van der Waals surface area contributed by atoms with Gasteiger partial charge in [0.05, 0.1) is 5.69 Å². The van der Waals surface area contributed by atoms with Crippen LogP contribution >= 0.6 is 0 Å². The predicted molar refractivity (Wildman–Crippen MR) is 97.3 cm³/mol. The number of rotatable bonds is 5. The van der Waals surface area contributed by atoms with E-state index in [1.165, 1.54) is 16.6 Å². The van der Waals surface area contributed by atoms with E-state index in [1.54, 1.807) is 11.6 Å². The van der Waals surface area contributed by atoms with Gasteiger partial charge in [0.1, 0.15) is 10.6 Å². The number of para-hydroxylation sites is 1. The lowest BCUT2D eigenvalue weighted by Gasteiger charge is -2.18. The number of sulfonamides is 1. The van der Waals surface area contributed by atoms with Crippen LogP contribution in [-0.4, -0.2) is 31.5 Å². The topological polar surface area (TPSA) is 71.4 Å². The Morgan fingerprint density at radius 3 is 2.76 bits per heavy atom. The average Bonchev–Trinajstić information content (AvgIpc) is 3.18. The zero-order chi connectivity index (χ0) is 18.2. The maximum Gasteiger partial charge on any atom is 0.268 e. The number of anilines is 1. The Kier molecular flexibility index (Phi) is 4.60. The molecule has 1 N–H and O–H groups in total. The van der Waals surface area contributed by atoms with Gasteiger partial charge < -0.3 is 9.88 Å². The minimum absolute atomic E-state index is 0.0351. The molecule has 0 saturated carbocycles. The number of carbonyl (C=O) groups is 1. The first-order chi connectivity index (χ1) is 11.8.